The molecule has 0 bridgehead atoms. The Kier molecular flexibility index (Phi) is 4.61. The number of nitrogens with zero attached hydrogens (tertiary/aromatic N) is 4. The van der Waals surface area contributed by atoms with Crippen molar-refractivity contribution >= 4 is 11.6 Å². The Morgan fingerprint density at radius 2 is 1.79 bits per heavy atom. The molecule has 0 spiro atoms. The van der Waals surface area contributed by atoms with Crippen LogP contribution in [0.3, 0.4) is 0 Å². The van der Waals surface area contributed by atoms with Crippen LogP contribution in [0, 0.1) is 5.82 Å². The van der Waals surface area contributed by atoms with Crippen LogP contribution >= 0.6 is 11.6 Å². The topological polar surface area (TPSA) is 52.8 Å². The number of hydrogen-bond acceptors (Lipinski definition) is 4. The summed E-state index contributed by atoms with van der Waals surface area (Å²) in [5.74, 6) is 1.93. The average Bonchev–Trinajstić information content (AvgIpc) is 3.10. The van der Waals surface area contributed by atoms with Gasteiger partial charge in [0.1, 0.15) is 18.2 Å². The number of fused-ring (bicyclic) bond motifs is 3. The number of hydrogen-bond donors (Lipinski definition) is 0. The first-order chi connectivity index (χ1) is 13.7. The van der Waals surface area contributed by atoms with E-state index in [0.29, 0.717) is 12.3 Å². The quantitative estimate of drug-likeness (QED) is 0.569. The van der Waals surface area contributed by atoms with E-state index in [2.05, 4.69) is 19.7 Å². The molecule has 1 aromatic carbocycles. The number of halogens is 2. The van der Waals surface area contributed by atoms with Crippen LogP contribution in [0.1, 0.15) is 66.0 Å². The SMILES string of the molecule is Fc1cccnc1C1CCC(c2nnc3n2-c2ccccc2C(Cl)OC3)CC1. The second-order valence-corrected chi connectivity index (χ2v) is 7.81. The minimum atomic E-state index is -0.506. The van der Waals surface area contributed by atoms with Gasteiger partial charge in [-0.15, -0.1) is 10.2 Å². The number of alkyl halides is 1. The maximum absolute atomic E-state index is 14.1. The fourth-order valence-electron chi connectivity index (χ4n) is 4.39. The standard InChI is InChI=1S/C21H20ClFN4O/c22-20-15-4-1-2-6-17(15)27-18(12-28-20)25-26-21(27)14-9-7-13(8-10-14)19-16(23)5-3-11-24-19/h1-6,11,13-14,20H,7-10,12H2. The van der Waals surface area contributed by atoms with E-state index in [4.69, 9.17) is 16.3 Å². The van der Waals surface area contributed by atoms with Crippen LogP contribution in [-0.2, 0) is 11.3 Å². The Hall–Kier alpha value is -2.31. The molecular formula is C21H20ClFN4O. The molecule has 2 aliphatic rings. The van der Waals surface area contributed by atoms with Crippen molar-refractivity contribution in [2.45, 2.75) is 49.7 Å². The third kappa shape index (κ3) is 3.01. The summed E-state index contributed by atoms with van der Waals surface area (Å²) in [6.45, 7) is 0.324. The van der Waals surface area contributed by atoms with E-state index in [1.54, 1.807) is 12.3 Å². The molecule has 1 aliphatic heterocycles. The molecule has 3 heterocycles. The van der Waals surface area contributed by atoms with Crippen LogP contribution < -0.4 is 0 Å². The second-order valence-electron chi connectivity index (χ2n) is 7.41. The predicted octanol–water partition coefficient (Wildman–Crippen LogP) is 5.01. The molecule has 144 valence electrons. The molecule has 5 rings (SSSR count). The van der Waals surface area contributed by atoms with Crippen LogP contribution in [0.4, 0.5) is 4.39 Å². The Labute approximate surface area is 167 Å². The van der Waals surface area contributed by atoms with E-state index in [1.165, 1.54) is 6.07 Å². The van der Waals surface area contributed by atoms with Crippen LogP contribution in [-0.4, -0.2) is 19.7 Å². The molecule has 1 aliphatic carbocycles. The van der Waals surface area contributed by atoms with E-state index in [1.807, 2.05) is 24.3 Å². The van der Waals surface area contributed by atoms with Crippen LogP contribution in [0.25, 0.3) is 5.69 Å². The molecule has 7 heteroatoms. The number of para-hydroxylation sites is 1. The van der Waals surface area contributed by atoms with E-state index in [0.717, 1.165) is 48.6 Å². The third-order valence-electron chi connectivity index (χ3n) is 5.80. The van der Waals surface area contributed by atoms with Gasteiger partial charge < -0.3 is 4.74 Å². The fourth-order valence-corrected chi connectivity index (χ4v) is 4.64. The Balaban J connectivity index is 1.44. The highest BCUT2D eigenvalue weighted by molar-refractivity contribution is 6.20. The minimum Gasteiger partial charge on any atom is -0.350 e. The van der Waals surface area contributed by atoms with Gasteiger partial charge in [-0.1, -0.05) is 29.8 Å². The minimum absolute atomic E-state index is 0.159. The first kappa shape index (κ1) is 17.8. The lowest BCUT2D eigenvalue weighted by molar-refractivity contribution is 0.0925. The monoisotopic (exact) mass is 398 g/mol. The van der Waals surface area contributed by atoms with Crippen molar-refractivity contribution in [3.8, 4) is 5.69 Å². The van der Waals surface area contributed by atoms with Crippen molar-refractivity contribution in [1.29, 1.82) is 0 Å². The molecule has 3 aromatic rings. The number of benzene rings is 1. The van der Waals surface area contributed by atoms with Gasteiger partial charge in [-0.2, -0.15) is 0 Å². The van der Waals surface area contributed by atoms with Gasteiger partial charge in [0.25, 0.3) is 0 Å². The van der Waals surface area contributed by atoms with Gasteiger partial charge in [0.15, 0.2) is 11.4 Å². The van der Waals surface area contributed by atoms with Crippen molar-refractivity contribution < 1.29 is 9.13 Å². The summed E-state index contributed by atoms with van der Waals surface area (Å²) >= 11 is 6.41. The highest BCUT2D eigenvalue weighted by atomic mass is 35.5. The summed E-state index contributed by atoms with van der Waals surface area (Å²) in [5, 5.41) is 8.88. The van der Waals surface area contributed by atoms with Crippen molar-refractivity contribution in [1.82, 2.24) is 19.7 Å². The van der Waals surface area contributed by atoms with E-state index in [-0.39, 0.29) is 17.7 Å². The Morgan fingerprint density at radius 1 is 1.00 bits per heavy atom. The third-order valence-corrected chi connectivity index (χ3v) is 6.16. The smallest absolute Gasteiger partial charge is 0.163 e. The molecule has 5 nitrogen and oxygen atoms in total. The molecule has 0 radical (unpaired) electrons. The summed E-state index contributed by atoms with van der Waals surface area (Å²) in [4.78, 5) is 4.27. The lowest BCUT2D eigenvalue weighted by Gasteiger charge is -2.28. The number of rotatable bonds is 2. The number of aromatic nitrogens is 4. The molecule has 1 saturated carbocycles. The van der Waals surface area contributed by atoms with Crippen molar-refractivity contribution in [3.05, 3.63) is 71.3 Å². The van der Waals surface area contributed by atoms with Gasteiger partial charge in [0.2, 0.25) is 0 Å². The molecule has 1 unspecified atom stereocenters. The van der Waals surface area contributed by atoms with Gasteiger partial charge in [0.05, 0.1) is 11.4 Å². The number of pyridine rings is 1. The van der Waals surface area contributed by atoms with Crippen LogP contribution in [0.2, 0.25) is 0 Å². The Morgan fingerprint density at radius 3 is 2.61 bits per heavy atom. The lowest BCUT2D eigenvalue weighted by atomic mass is 9.79. The van der Waals surface area contributed by atoms with Gasteiger partial charge in [-0.25, -0.2) is 4.39 Å². The zero-order valence-electron chi connectivity index (χ0n) is 15.3. The van der Waals surface area contributed by atoms with Crippen molar-refractivity contribution in [2.24, 2.45) is 0 Å². The van der Waals surface area contributed by atoms with E-state index in [9.17, 15) is 4.39 Å². The predicted molar refractivity (Wildman–Crippen MR) is 103 cm³/mol. The van der Waals surface area contributed by atoms with Gasteiger partial charge in [-0.3, -0.25) is 9.55 Å². The van der Waals surface area contributed by atoms with Crippen molar-refractivity contribution in [2.75, 3.05) is 0 Å². The first-order valence-corrected chi connectivity index (χ1v) is 10.1. The van der Waals surface area contributed by atoms with Crippen LogP contribution in [0.15, 0.2) is 42.6 Å². The van der Waals surface area contributed by atoms with Crippen LogP contribution in [0.5, 0.6) is 0 Å². The lowest BCUT2D eigenvalue weighted by Crippen LogP contribution is -2.18. The molecule has 0 saturated heterocycles. The van der Waals surface area contributed by atoms with E-state index >= 15 is 0 Å². The molecule has 0 amide bonds. The van der Waals surface area contributed by atoms with Gasteiger partial charge in [0, 0.05) is 23.6 Å². The Bertz CT molecular complexity index is 1000. The average molecular weight is 399 g/mol. The van der Waals surface area contributed by atoms with E-state index < -0.39 is 5.56 Å². The largest absolute Gasteiger partial charge is 0.350 e. The van der Waals surface area contributed by atoms with Crippen molar-refractivity contribution in [3.63, 3.8) is 0 Å². The fraction of sp³-hybridized carbons (Fsp3) is 0.381. The summed E-state index contributed by atoms with van der Waals surface area (Å²) in [6, 6.07) is 11.1. The van der Waals surface area contributed by atoms with Gasteiger partial charge >= 0.3 is 0 Å². The molecule has 28 heavy (non-hydrogen) atoms. The zero-order chi connectivity index (χ0) is 19.1. The molecule has 0 N–H and O–H groups in total. The maximum atomic E-state index is 14.1. The number of ether oxygens (including phenoxy) is 1. The summed E-state index contributed by atoms with van der Waals surface area (Å²) in [7, 11) is 0. The summed E-state index contributed by atoms with van der Waals surface area (Å²) < 4.78 is 21.9. The second kappa shape index (κ2) is 7.26. The summed E-state index contributed by atoms with van der Waals surface area (Å²) in [5.41, 5.74) is 1.99. The molecule has 1 atom stereocenters. The van der Waals surface area contributed by atoms with Gasteiger partial charge in [-0.05, 0) is 43.9 Å². The summed E-state index contributed by atoms with van der Waals surface area (Å²) in [6.07, 6.45) is 5.29. The highest BCUT2D eigenvalue weighted by Crippen LogP contribution is 2.42. The normalized spacial score (nSPS) is 24.3. The first-order valence-electron chi connectivity index (χ1n) is 9.62. The zero-order valence-corrected chi connectivity index (χ0v) is 16.0. The maximum Gasteiger partial charge on any atom is 0.163 e. The highest BCUT2D eigenvalue weighted by Gasteiger charge is 2.32. The molecular weight excluding hydrogens is 379 g/mol. The molecule has 2 aromatic heterocycles. The molecule has 1 fully saturated rings.